The van der Waals surface area contributed by atoms with Gasteiger partial charge in [-0.15, -0.1) is 0 Å². The number of aryl methyl sites for hydroxylation is 1. The van der Waals surface area contributed by atoms with Crippen LogP contribution in [-0.2, 0) is 6.61 Å². The molecule has 3 aromatic rings. The average molecular weight is 267 g/mol. The van der Waals surface area contributed by atoms with E-state index < -0.39 is 0 Å². The Kier molecular flexibility index (Phi) is 3.33. The Morgan fingerprint density at radius 2 is 2.00 bits per heavy atom. The maximum Gasteiger partial charge on any atom is 0.148 e. The van der Waals surface area contributed by atoms with Crippen LogP contribution in [0.5, 0.6) is 11.5 Å². The molecule has 0 aliphatic carbocycles. The van der Waals surface area contributed by atoms with E-state index in [-0.39, 0.29) is 0 Å². The Bertz CT molecular complexity index is 731. The van der Waals surface area contributed by atoms with E-state index >= 15 is 0 Å². The topological polar surface area (TPSA) is 22.9 Å². The van der Waals surface area contributed by atoms with Crippen molar-refractivity contribution in [3.05, 3.63) is 66.0 Å². The van der Waals surface area contributed by atoms with E-state index in [1.54, 1.807) is 7.11 Å². The number of hydrogen-bond acceptors (Lipinski definition) is 2. The molecule has 0 unspecified atom stereocenters. The minimum atomic E-state index is 0.534. The van der Waals surface area contributed by atoms with E-state index in [4.69, 9.17) is 9.47 Å². The number of pyridine rings is 1. The van der Waals surface area contributed by atoms with E-state index in [1.807, 2.05) is 42.6 Å². The number of hydrogen-bond donors (Lipinski definition) is 0. The molecular formula is C17H17NO2. The van der Waals surface area contributed by atoms with Crippen molar-refractivity contribution in [2.45, 2.75) is 13.5 Å². The van der Waals surface area contributed by atoms with Crippen LogP contribution >= 0.6 is 0 Å². The summed E-state index contributed by atoms with van der Waals surface area (Å²) in [6, 6.07) is 14.0. The van der Waals surface area contributed by atoms with Gasteiger partial charge in [0, 0.05) is 18.0 Å². The van der Waals surface area contributed by atoms with E-state index in [1.165, 1.54) is 0 Å². The fourth-order valence-corrected chi connectivity index (χ4v) is 2.34. The fourth-order valence-electron chi connectivity index (χ4n) is 2.34. The lowest BCUT2D eigenvalue weighted by molar-refractivity contribution is 0.307. The van der Waals surface area contributed by atoms with Crippen LogP contribution in [0.2, 0.25) is 0 Å². The highest BCUT2D eigenvalue weighted by molar-refractivity contribution is 5.64. The molecule has 3 heteroatoms. The molecule has 102 valence electrons. The Hall–Kier alpha value is -2.42. The molecule has 1 aromatic carbocycles. The number of methoxy groups -OCH3 is 1. The number of benzene rings is 1. The van der Waals surface area contributed by atoms with Crippen molar-refractivity contribution in [1.29, 1.82) is 0 Å². The van der Waals surface area contributed by atoms with E-state index in [0.29, 0.717) is 6.61 Å². The molecule has 0 radical (unpaired) electrons. The highest BCUT2D eigenvalue weighted by Gasteiger charge is 2.08. The minimum absolute atomic E-state index is 0.534. The van der Waals surface area contributed by atoms with Crippen molar-refractivity contribution in [1.82, 2.24) is 4.40 Å². The summed E-state index contributed by atoms with van der Waals surface area (Å²) < 4.78 is 13.3. The summed E-state index contributed by atoms with van der Waals surface area (Å²) in [6.07, 6.45) is 4.11. The van der Waals surface area contributed by atoms with Gasteiger partial charge in [0.1, 0.15) is 18.1 Å². The number of aromatic nitrogens is 1. The summed E-state index contributed by atoms with van der Waals surface area (Å²) in [4.78, 5) is 0. The lowest BCUT2D eigenvalue weighted by Gasteiger charge is -2.08. The number of rotatable bonds is 4. The SMILES string of the molecule is COc1cccc(COc2c(C)cn3ccccc23)c1. The van der Waals surface area contributed by atoms with Gasteiger partial charge >= 0.3 is 0 Å². The molecule has 2 heterocycles. The molecule has 0 bridgehead atoms. The lowest BCUT2D eigenvalue weighted by Crippen LogP contribution is -1.96. The third kappa shape index (κ3) is 2.35. The number of fused-ring (bicyclic) bond motifs is 1. The summed E-state index contributed by atoms with van der Waals surface area (Å²) in [6.45, 7) is 2.60. The van der Waals surface area contributed by atoms with Gasteiger partial charge in [0.2, 0.25) is 0 Å². The predicted octanol–water partition coefficient (Wildman–Crippen LogP) is 3.84. The second kappa shape index (κ2) is 5.29. The van der Waals surface area contributed by atoms with Crippen molar-refractivity contribution < 1.29 is 9.47 Å². The van der Waals surface area contributed by atoms with Crippen LogP contribution in [0.25, 0.3) is 5.52 Å². The first kappa shape index (κ1) is 12.6. The normalized spacial score (nSPS) is 10.7. The molecular weight excluding hydrogens is 250 g/mol. The van der Waals surface area contributed by atoms with Crippen LogP contribution in [0.1, 0.15) is 11.1 Å². The van der Waals surface area contributed by atoms with Gasteiger partial charge in [-0.1, -0.05) is 18.2 Å². The van der Waals surface area contributed by atoms with Gasteiger partial charge in [-0.05, 0) is 36.8 Å². The summed E-state index contributed by atoms with van der Waals surface area (Å²) in [5.41, 5.74) is 3.33. The molecule has 0 aliphatic heterocycles. The highest BCUT2D eigenvalue weighted by atomic mass is 16.5. The van der Waals surface area contributed by atoms with Crippen LogP contribution in [0, 0.1) is 6.92 Å². The Morgan fingerprint density at radius 3 is 2.85 bits per heavy atom. The zero-order valence-corrected chi connectivity index (χ0v) is 11.7. The summed E-state index contributed by atoms with van der Waals surface area (Å²) in [5, 5.41) is 0. The molecule has 2 aromatic heterocycles. The van der Waals surface area contributed by atoms with Crippen molar-refractivity contribution in [3.63, 3.8) is 0 Å². The molecule has 0 spiro atoms. The maximum absolute atomic E-state index is 6.00. The molecule has 3 rings (SSSR count). The first-order chi connectivity index (χ1) is 9.78. The van der Waals surface area contributed by atoms with Gasteiger partial charge in [-0.25, -0.2) is 0 Å². The van der Waals surface area contributed by atoms with Crippen LogP contribution in [-0.4, -0.2) is 11.5 Å². The monoisotopic (exact) mass is 267 g/mol. The third-order valence-electron chi connectivity index (χ3n) is 3.33. The van der Waals surface area contributed by atoms with Crippen molar-refractivity contribution in [2.24, 2.45) is 0 Å². The van der Waals surface area contributed by atoms with Gasteiger partial charge < -0.3 is 13.9 Å². The molecule has 0 N–H and O–H groups in total. The molecule has 20 heavy (non-hydrogen) atoms. The highest BCUT2D eigenvalue weighted by Crippen LogP contribution is 2.27. The van der Waals surface area contributed by atoms with E-state index in [0.717, 1.165) is 28.1 Å². The molecule has 0 saturated heterocycles. The summed E-state index contributed by atoms with van der Waals surface area (Å²) in [7, 11) is 1.67. The van der Waals surface area contributed by atoms with Crippen LogP contribution in [0.15, 0.2) is 54.9 Å². The standard InChI is InChI=1S/C17H17NO2/c1-13-11-18-9-4-3-8-16(18)17(13)20-12-14-6-5-7-15(10-14)19-2/h3-11H,12H2,1-2H3. The Morgan fingerprint density at radius 1 is 1.10 bits per heavy atom. The minimum Gasteiger partial charge on any atom is -0.497 e. The van der Waals surface area contributed by atoms with Crippen molar-refractivity contribution in [3.8, 4) is 11.5 Å². The zero-order chi connectivity index (χ0) is 13.9. The third-order valence-corrected chi connectivity index (χ3v) is 3.33. The summed E-state index contributed by atoms with van der Waals surface area (Å²) >= 11 is 0. The van der Waals surface area contributed by atoms with Crippen molar-refractivity contribution in [2.75, 3.05) is 7.11 Å². The molecule has 0 saturated carbocycles. The first-order valence-corrected chi connectivity index (χ1v) is 6.60. The van der Waals surface area contributed by atoms with Gasteiger partial charge in [0.15, 0.2) is 0 Å². The molecule has 0 atom stereocenters. The molecule has 0 fully saturated rings. The second-order valence-corrected chi connectivity index (χ2v) is 4.77. The van der Waals surface area contributed by atoms with Crippen LogP contribution < -0.4 is 9.47 Å². The van der Waals surface area contributed by atoms with Gasteiger partial charge in [-0.2, -0.15) is 0 Å². The van der Waals surface area contributed by atoms with E-state index in [2.05, 4.69) is 23.6 Å². The Labute approximate surface area is 118 Å². The smallest absolute Gasteiger partial charge is 0.148 e. The maximum atomic E-state index is 6.00. The van der Waals surface area contributed by atoms with Crippen molar-refractivity contribution >= 4 is 5.52 Å². The van der Waals surface area contributed by atoms with Gasteiger partial charge in [0.05, 0.1) is 12.6 Å². The summed E-state index contributed by atoms with van der Waals surface area (Å²) in [5.74, 6) is 1.79. The quantitative estimate of drug-likeness (QED) is 0.717. The van der Waals surface area contributed by atoms with Gasteiger partial charge in [0.25, 0.3) is 0 Å². The molecule has 0 amide bonds. The first-order valence-electron chi connectivity index (χ1n) is 6.60. The van der Waals surface area contributed by atoms with Crippen LogP contribution in [0.3, 0.4) is 0 Å². The molecule has 0 aliphatic rings. The largest absolute Gasteiger partial charge is 0.497 e. The lowest BCUT2D eigenvalue weighted by atomic mass is 10.2. The molecule has 3 nitrogen and oxygen atoms in total. The van der Waals surface area contributed by atoms with E-state index in [9.17, 15) is 0 Å². The second-order valence-electron chi connectivity index (χ2n) is 4.77. The number of ether oxygens (including phenoxy) is 2. The Balaban J connectivity index is 1.84. The average Bonchev–Trinajstić information content (AvgIpc) is 2.81. The number of nitrogens with zero attached hydrogens (tertiary/aromatic N) is 1. The van der Waals surface area contributed by atoms with Gasteiger partial charge in [-0.3, -0.25) is 0 Å². The zero-order valence-electron chi connectivity index (χ0n) is 11.7. The fraction of sp³-hybridized carbons (Fsp3) is 0.176. The predicted molar refractivity (Wildman–Crippen MR) is 79.5 cm³/mol. The van der Waals surface area contributed by atoms with Crippen LogP contribution in [0.4, 0.5) is 0 Å².